The van der Waals surface area contributed by atoms with Crippen molar-refractivity contribution in [2.24, 2.45) is 0 Å². The molecule has 2 heterocycles. The lowest BCUT2D eigenvalue weighted by Gasteiger charge is -1.90. The Morgan fingerprint density at radius 2 is 2.54 bits per heavy atom. The van der Waals surface area contributed by atoms with Crippen LogP contribution >= 0.6 is 23.1 Å². The molecule has 0 atom stereocenters. The van der Waals surface area contributed by atoms with Gasteiger partial charge in [0.25, 0.3) is 0 Å². The normalized spacial score (nSPS) is 10.5. The fraction of sp³-hybridized carbons (Fsp3) is 0.250. The average molecular weight is 212 g/mol. The topological polar surface area (TPSA) is 38.9 Å². The Morgan fingerprint density at radius 1 is 1.62 bits per heavy atom. The van der Waals surface area contributed by atoms with E-state index in [2.05, 4.69) is 21.6 Å². The molecule has 0 aromatic carbocycles. The van der Waals surface area contributed by atoms with Crippen molar-refractivity contribution >= 4 is 23.1 Å². The van der Waals surface area contributed by atoms with Crippen LogP contribution < -0.4 is 0 Å². The highest BCUT2D eigenvalue weighted by Crippen LogP contribution is 2.25. The van der Waals surface area contributed by atoms with E-state index in [1.165, 1.54) is 4.21 Å². The maximum atomic E-state index is 4.86. The van der Waals surface area contributed by atoms with Crippen LogP contribution in [0, 0.1) is 6.92 Å². The highest BCUT2D eigenvalue weighted by molar-refractivity contribution is 8.00. The van der Waals surface area contributed by atoms with E-state index in [0.29, 0.717) is 5.89 Å². The lowest BCUT2D eigenvalue weighted by Crippen LogP contribution is -1.82. The molecule has 0 aliphatic carbocycles. The molecule has 0 saturated carbocycles. The second kappa shape index (κ2) is 3.93. The standard InChI is InChI=1S/C8H8N2OS2/c1-6-9-7(10-11-6)5-13-8-3-2-4-12-8/h2-4H,5H2,1H3. The molecule has 68 valence electrons. The molecule has 0 spiro atoms. The third kappa shape index (κ3) is 2.32. The largest absolute Gasteiger partial charge is 0.340 e. The summed E-state index contributed by atoms with van der Waals surface area (Å²) in [6.07, 6.45) is 0. The zero-order valence-corrected chi connectivity index (χ0v) is 8.69. The lowest BCUT2D eigenvalue weighted by molar-refractivity contribution is 0.389. The maximum Gasteiger partial charge on any atom is 0.223 e. The summed E-state index contributed by atoms with van der Waals surface area (Å²) in [6, 6.07) is 4.12. The second-order valence-electron chi connectivity index (χ2n) is 2.45. The molecule has 0 N–H and O–H groups in total. The summed E-state index contributed by atoms with van der Waals surface area (Å²) in [5.41, 5.74) is 0. The Balaban J connectivity index is 1.93. The molecule has 2 aromatic heterocycles. The lowest BCUT2D eigenvalue weighted by atomic mass is 10.7. The van der Waals surface area contributed by atoms with Crippen LogP contribution in [0.2, 0.25) is 0 Å². The van der Waals surface area contributed by atoms with Gasteiger partial charge >= 0.3 is 0 Å². The van der Waals surface area contributed by atoms with Gasteiger partial charge in [0.05, 0.1) is 9.96 Å². The second-order valence-corrected chi connectivity index (χ2v) is 4.67. The van der Waals surface area contributed by atoms with E-state index in [4.69, 9.17) is 4.52 Å². The summed E-state index contributed by atoms with van der Waals surface area (Å²) in [4.78, 5) is 4.12. The van der Waals surface area contributed by atoms with Gasteiger partial charge in [0.1, 0.15) is 0 Å². The van der Waals surface area contributed by atoms with Gasteiger partial charge in [0, 0.05) is 6.92 Å². The predicted molar refractivity (Wildman–Crippen MR) is 52.9 cm³/mol. The number of aromatic nitrogens is 2. The Bertz CT molecular complexity index is 369. The number of hydrogen-bond acceptors (Lipinski definition) is 5. The molecule has 2 aromatic rings. The molecule has 0 aliphatic heterocycles. The van der Waals surface area contributed by atoms with Gasteiger partial charge in [-0.2, -0.15) is 4.98 Å². The molecular weight excluding hydrogens is 204 g/mol. The molecule has 0 radical (unpaired) electrons. The molecule has 3 nitrogen and oxygen atoms in total. The summed E-state index contributed by atoms with van der Waals surface area (Å²) in [5.74, 6) is 2.16. The summed E-state index contributed by atoms with van der Waals surface area (Å²) >= 11 is 3.45. The van der Waals surface area contributed by atoms with Crippen LogP contribution in [0.5, 0.6) is 0 Å². The molecular formula is C8H8N2OS2. The number of nitrogens with zero attached hydrogens (tertiary/aromatic N) is 2. The number of hydrogen-bond donors (Lipinski definition) is 0. The van der Waals surface area contributed by atoms with Crippen LogP contribution in [0.1, 0.15) is 11.7 Å². The van der Waals surface area contributed by atoms with Crippen LogP contribution in [-0.4, -0.2) is 10.1 Å². The van der Waals surface area contributed by atoms with Crippen LogP contribution in [0.25, 0.3) is 0 Å². The van der Waals surface area contributed by atoms with Crippen LogP contribution in [-0.2, 0) is 5.75 Å². The third-order valence-corrected chi connectivity index (χ3v) is 3.54. The molecule has 0 bridgehead atoms. The Labute approximate surface area is 84.2 Å². The van der Waals surface area contributed by atoms with Crippen LogP contribution in [0.3, 0.4) is 0 Å². The van der Waals surface area contributed by atoms with Gasteiger partial charge in [0.2, 0.25) is 5.89 Å². The summed E-state index contributed by atoms with van der Waals surface area (Å²) in [7, 11) is 0. The van der Waals surface area contributed by atoms with E-state index in [9.17, 15) is 0 Å². The Kier molecular flexibility index (Phi) is 2.65. The van der Waals surface area contributed by atoms with Crippen molar-refractivity contribution in [3.63, 3.8) is 0 Å². The number of aryl methyl sites for hydroxylation is 1. The molecule has 0 unspecified atom stereocenters. The molecule has 0 aliphatic rings. The number of rotatable bonds is 3. The first-order chi connectivity index (χ1) is 6.34. The van der Waals surface area contributed by atoms with Crippen molar-refractivity contribution in [3.8, 4) is 0 Å². The van der Waals surface area contributed by atoms with Crippen molar-refractivity contribution in [2.45, 2.75) is 16.9 Å². The zero-order chi connectivity index (χ0) is 9.10. The summed E-state index contributed by atoms with van der Waals surface area (Å²) in [5, 5.41) is 5.87. The van der Waals surface area contributed by atoms with Gasteiger partial charge in [-0.1, -0.05) is 11.2 Å². The highest BCUT2D eigenvalue weighted by atomic mass is 32.2. The first-order valence-electron chi connectivity index (χ1n) is 3.80. The highest BCUT2D eigenvalue weighted by Gasteiger charge is 2.02. The minimum Gasteiger partial charge on any atom is -0.340 e. The number of thiophene rings is 1. The Hall–Kier alpha value is -0.810. The molecule has 5 heteroatoms. The van der Waals surface area contributed by atoms with E-state index in [0.717, 1.165) is 11.6 Å². The number of thioether (sulfide) groups is 1. The van der Waals surface area contributed by atoms with Gasteiger partial charge in [-0.05, 0) is 11.4 Å². The minimum atomic E-state index is 0.627. The van der Waals surface area contributed by atoms with Crippen LogP contribution in [0.4, 0.5) is 0 Å². The fourth-order valence-electron chi connectivity index (χ4n) is 0.881. The van der Waals surface area contributed by atoms with E-state index in [-0.39, 0.29) is 0 Å². The van der Waals surface area contributed by atoms with Crippen molar-refractivity contribution in [1.29, 1.82) is 0 Å². The van der Waals surface area contributed by atoms with Crippen molar-refractivity contribution < 1.29 is 4.52 Å². The van der Waals surface area contributed by atoms with Gasteiger partial charge < -0.3 is 4.52 Å². The van der Waals surface area contributed by atoms with Crippen LogP contribution in [0.15, 0.2) is 26.2 Å². The van der Waals surface area contributed by atoms with E-state index < -0.39 is 0 Å². The molecule has 0 amide bonds. The monoisotopic (exact) mass is 212 g/mol. The van der Waals surface area contributed by atoms with E-state index in [1.807, 2.05) is 6.07 Å². The molecule has 0 saturated heterocycles. The van der Waals surface area contributed by atoms with Crippen molar-refractivity contribution in [1.82, 2.24) is 10.1 Å². The summed E-state index contributed by atoms with van der Waals surface area (Å²) in [6.45, 7) is 1.80. The first kappa shape index (κ1) is 8.77. The zero-order valence-electron chi connectivity index (χ0n) is 7.06. The molecule has 13 heavy (non-hydrogen) atoms. The first-order valence-corrected chi connectivity index (χ1v) is 5.66. The maximum absolute atomic E-state index is 4.86. The van der Waals surface area contributed by atoms with Gasteiger partial charge in [-0.25, -0.2) is 0 Å². The smallest absolute Gasteiger partial charge is 0.223 e. The quantitative estimate of drug-likeness (QED) is 0.733. The SMILES string of the molecule is Cc1nc(CSc2cccs2)no1. The minimum absolute atomic E-state index is 0.627. The Morgan fingerprint density at radius 3 is 3.15 bits per heavy atom. The predicted octanol–water partition coefficient (Wildman–Crippen LogP) is 2.73. The van der Waals surface area contributed by atoms with Gasteiger partial charge in [-0.3, -0.25) is 0 Å². The van der Waals surface area contributed by atoms with Crippen molar-refractivity contribution in [3.05, 3.63) is 29.2 Å². The summed E-state index contributed by atoms with van der Waals surface area (Å²) < 4.78 is 6.14. The van der Waals surface area contributed by atoms with Crippen molar-refractivity contribution in [2.75, 3.05) is 0 Å². The van der Waals surface area contributed by atoms with E-state index in [1.54, 1.807) is 30.0 Å². The van der Waals surface area contributed by atoms with E-state index >= 15 is 0 Å². The van der Waals surface area contributed by atoms with Gasteiger partial charge in [-0.15, -0.1) is 23.1 Å². The molecule has 2 rings (SSSR count). The fourth-order valence-corrected chi connectivity index (χ4v) is 2.51. The van der Waals surface area contributed by atoms with Gasteiger partial charge in [0.15, 0.2) is 5.82 Å². The average Bonchev–Trinajstić information content (AvgIpc) is 2.71. The third-order valence-electron chi connectivity index (χ3n) is 1.41. The molecule has 0 fully saturated rings.